The van der Waals surface area contributed by atoms with Crippen LogP contribution in [0, 0.1) is 6.92 Å². The number of halogens is 1. The Bertz CT molecular complexity index is 746. The summed E-state index contributed by atoms with van der Waals surface area (Å²) in [6.45, 7) is 4.47. The van der Waals surface area contributed by atoms with Gasteiger partial charge in [-0.25, -0.2) is 9.97 Å². The number of anilines is 3. The standard InChI is InChI=1S/C18H22ClN5O/c1-13-14(19)5-4-6-15(13)23-18(25)7-8-20-16-11-17(22-12-21-16)24-9-2-3-10-24/h4-6,11-12H,2-3,7-10H2,1H3,(H,23,25)(H,20,21,22). The predicted octanol–water partition coefficient (Wildman–Crippen LogP) is 3.48. The molecule has 3 rings (SSSR count). The molecule has 1 fully saturated rings. The van der Waals surface area contributed by atoms with Gasteiger partial charge in [0.2, 0.25) is 5.91 Å². The number of carbonyl (C=O) groups excluding carboxylic acids is 1. The van der Waals surface area contributed by atoms with Crippen molar-refractivity contribution >= 4 is 34.8 Å². The summed E-state index contributed by atoms with van der Waals surface area (Å²) in [5.74, 6) is 1.62. The number of hydrogen-bond acceptors (Lipinski definition) is 5. The molecule has 0 atom stereocenters. The van der Waals surface area contributed by atoms with Gasteiger partial charge >= 0.3 is 0 Å². The first-order valence-corrected chi connectivity index (χ1v) is 8.87. The number of rotatable bonds is 6. The van der Waals surface area contributed by atoms with Crippen molar-refractivity contribution in [2.24, 2.45) is 0 Å². The van der Waals surface area contributed by atoms with E-state index in [1.165, 1.54) is 12.8 Å². The Kier molecular flexibility index (Phi) is 5.71. The Morgan fingerprint density at radius 1 is 1.28 bits per heavy atom. The van der Waals surface area contributed by atoms with Crippen molar-refractivity contribution in [1.29, 1.82) is 0 Å². The molecule has 0 bridgehead atoms. The number of nitrogens with zero attached hydrogens (tertiary/aromatic N) is 3. The number of amides is 1. The zero-order chi connectivity index (χ0) is 17.6. The molecule has 1 amide bonds. The van der Waals surface area contributed by atoms with Gasteiger partial charge in [-0.05, 0) is 37.5 Å². The van der Waals surface area contributed by atoms with Crippen LogP contribution in [0.2, 0.25) is 5.02 Å². The van der Waals surface area contributed by atoms with Crippen molar-refractivity contribution in [1.82, 2.24) is 9.97 Å². The topological polar surface area (TPSA) is 70.2 Å². The van der Waals surface area contributed by atoms with Gasteiger partial charge in [0.15, 0.2) is 0 Å². The lowest BCUT2D eigenvalue weighted by molar-refractivity contribution is -0.115. The molecule has 0 unspecified atom stereocenters. The normalized spacial score (nSPS) is 13.8. The zero-order valence-corrected chi connectivity index (χ0v) is 15.0. The summed E-state index contributed by atoms with van der Waals surface area (Å²) in [6.07, 6.45) is 4.31. The van der Waals surface area contributed by atoms with Crippen LogP contribution in [0.1, 0.15) is 24.8 Å². The fraction of sp³-hybridized carbons (Fsp3) is 0.389. The zero-order valence-electron chi connectivity index (χ0n) is 14.3. The average molecular weight is 360 g/mol. The summed E-state index contributed by atoms with van der Waals surface area (Å²) in [6, 6.07) is 7.41. The van der Waals surface area contributed by atoms with E-state index in [-0.39, 0.29) is 5.91 Å². The molecule has 132 valence electrons. The lowest BCUT2D eigenvalue weighted by Crippen LogP contribution is -2.20. The highest BCUT2D eigenvalue weighted by Crippen LogP contribution is 2.23. The van der Waals surface area contributed by atoms with E-state index in [1.807, 2.05) is 25.1 Å². The Morgan fingerprint density at radius 3 is 2.88 bits per heavy atom. The largest absolute Gasteiger partial charge is 0.369 e. The third-order valence-corrected chi connectivity index (χ3v) is 4.69. The fourth-order valence-electron chi connectivity index (χ4n) is 2.82. The first kappa shape index (κ1) is 17.5. The molecule has 0 spiro atoms. The molecule has 25 heavy (non-hydrogen) atoms. The van der Waals surface area contributed by atoms with Crippen molar-refractivity contribution in [3.8, 4) is 0 Å². The number of aromatic nitrogens is 2. The van der Waals surface area contributed by atoms with E-state index in [4.69, 9.17) is 11.6 Å². The molecular formula is C18H22ClN5O. The lowest BCUT2D eigenvalue weighted by atomic mass is 10.2. The van der Waals surface area contributed by atoms with Crippen molar-refractivity contribution in [3.05, 3.63) is 41.2 Å². The van der Waals surface area contributed by atoms with Gasteiger partial charge in [-0.1, -0.05) is 17.7 Å². The van der Waals surface area contributed by atoms with Crippen LogP contribution in [-0.4, -0.2) is 35.5 Å². The summed E-state index contributed by atoms with van der Waals surface area (Å²) >= 11 is 6.07. The Balaban J connectivity index is 1.50. The SMILES string of the molecule is Cc1c(Cl)cccc1NC(=O)CCNc1cc(N2CCCC2)ncn1. The molecule has 7 heteroatoms. The second-order valence-electron chi connectivity index (χ2n) is 6.09. The van der Waals surface area contributed by atoms with Gasteiger partial charge in [-0.2, -0.15) is 0 Å². The van der Waals surface area contributed by atoms with E-state index in [0.29, 0.717) is 18.0 Å². The molecule has 2 heterocycles. The van der Waals surface area contributed by atoms with Crippen LogP contribution < -0.4 is 15.5 Å². The molecular weight excluding hydrogens is 338 g/mol. The van der Waals surface area contributed by atoms with Gasteiger partial charge < -0.3 is 15.5 Å². The van der Waals surface area contributed by atoms with Crippen LogP contribution in [0.25, 0.3) is 0 Å². The molecule has 1 aromatic heterocycles. The quantitative estimate of drug-likeness (QED) is 0.826. The minimum Gasteiger partial charge on any atom is -0.369 e. The molecule has 2 aromatic rings. The Hall–Kier alpha value is -2.34. The molecule has 0 aliphatic carbocycles. The Labute approximate surface area is 152 Å². The number of benzene rings is 1. The van der Waals surface area contributed by atoms with Gasteiger partial charge in [0.25, 0.3) is 0 Å². The average Bonchev–Trinajstić information content (AvgIpc) is 3.14. The lowest BCUT2D eigenvalue weighted by Gasteiger charge is -2.16. The highest BCUT2D eigenvalue weighted by atomic mass is 35.5. The monoisotopic (exact) mass is 359 g/mol. The maximum absolute atomic E-state index is 12.1. The maximum atomic E-state index is 12.1. The molecule has 1 aliphatic rings. The molecule has 0 saturated carbocycles. The van der Waals surface area contributed by atoms with E-state index in [2.05, 4.69) is 25.5 Å². The van der Waals surface area contributed by atoms with Gasteiger partial charge in [0.05, 0.1) is 0 Å². The predicted molar refractivity (Wildman–Crippen MR) is 101 cm³/mol. The Morgan fingerprint density at radius 2 is 2.08 bits per heavy atom. The van der Waals surface area contributed by atoms with Gasteiger partial charge in [-0.3, -0.25) is 4.79 Å². The van der Waals surface area contributed by atoms with Crippen molar-refractivity contribution in [2.75, 3.05) is 35.2 Å². The van der Waals surface area contributed by atoms with E-state index in [9.17, 15) is 4.79 Å². The van der Waals surface area contributed by atoms with Gasteiger partial charge in [0, 0.05) is 42.8 Å². The highest BCUT2D eigenvalue weighted by molar-refractivity contribution is 6.31. The third kappa shape index (κ3) is 4.60. The van der Waals surface area contributed by atoms with Crippen molar-refractivity contribution in [3.63, 3.8) is 0 Å². The van der Waals surface area contributed by atoms with Crippen LogP contribution >= 0.6 is 11.6 Å². The minimum atomic E-state index is -0.0633. The first-order chi connectivity index (χ1) is 12.1. The minimum absolute atomic E-state index is 0.0633. The fourth-order valence-corrected chi connectivity index (χ4v) is 3.00. The molecule has 6 nitrogen and oxygen atoms in total. The van der Waals surface area contributed by atoms with Crippen LogP contribution in [0.5, 0.6) is 0 Å². The summed E-state index contributed by atoms with van der Waals surface area (Å²) in [5.41, 5.74) is 1.62. The van der Waals surface area contributed by atoms with Crippen molar-refractivity contribution < 1.29 is 4.79 Å². The molecule has 1 aliphatic heterocycles. The molecule has 1 aromatic carbocycles. The van der Waals surface area contributed by atoms with E-state index in [1.54, 1.807) is 12.4 Å². The second kappa shape index (κ2) is 8.16. The summed E-state index contributed by atoms with van der Waals surface area (Å²) < 4.78 is 0. The smallest absolute Gasteiger partial charge is 0.226 e. The van der Waals surface area contributed by atoms with Crippen molar-refractivity contribution in [2.45, 2.75) is 26.2 Å². The van der Waals surface area contributed by atoms with E-state index in [0.717, 1.165) is 36.0 Å². The molecule has 2 N–H and O–H groups in total. The summed E-state index contributed by atoms with van der Waals surface area (Å²) in [7, 11) is 0. The third-order valence-electron chi connectivity index (χ3n) is 4.28. The van der Waals surface area contributed by atoms with Gasteiger partial charge in [-0.15, -0.1) is 0 Å². The number of hydrogen-bond donors (Lipinski definition) is 2. The summed E-state index contributed by atoms with van der Waals surface area (Å²) in [5, 5.41) is 6.72. The highest BCUT2D eigenvalue weighted by Gasteiger charge is 2.14. The molecule has 0 radical (unpaired) electrons. The van der Waals surface area contributed by atoms with Crippen LogP contribution in [0.15, 0.2) is 30.6 Å². The van der Waals surface area contributed by atoms with E-state index >= 15 is 0 Å². The first-order valence-electron chi connectivity index (χ1n) is 8.49. The number of nitrogens with one attached hydrogen (secondary N) is 2. The van der Waals surface area contributed by atoms with Crippen LogP contribution in [-0.2, 0) is 4.79 Å². The van der Waals surface area contributed by atoms with E-state index < -0.39 is 0 Å². The molecule has 1 saturated heterocycles. The summed E-state index contributed by atoms with van der Waals surface area (Å²) in [4.78, 5) is 22.9. The second-order valence-corrected chi connectivity index (χ2v) is 6.50. The van der Waals surface area contributed by atoms with Crippen LogP contribution in [0.3, 0.4) is 0 Å². The number of carbonyl (C=O) groups is 1. The maximum Gasteiger partial charge on any atom is 0.226 e. The van der Waals surface area contributed by atoms with Gasteiger partial charge in [0.1, 0.15) is 18.0 Å². The van der Waals surface area contributed by atoms with Crippen LogP contribution in [0.4, 0.5) is 17.3 Å².